The lowest BCUT2D eigenvalue weighted by molar-refractivity contribution is 0.199. The standard InChI is InChI=1S/C16H22N2O.C15H19FN2O.C2H6/c1-12(2)18-8-4-10-19-15-6-3-5-14-16(15)13(7-9-18)11-17-14;1-10-12(16)8-13-14-11(9-17-15(10)14)4-6-18(2)5-3-7-19-13;1-2/h3,5-6,11-12,17H,4,7-10H2,1-2H3;8-9,17H,3-7H2,1-2H3;1-2H3. The Morgan fingerprint density at radius 2 is 1.52 bits per heavy atom. The van der Waals surface area contributed by atoms with Crippen molar-refractivity contribution in [1.82, 2.24) is 19.8 Å². The van der Waals surface area contributed by atoms with E-state index in [9.17, 15) is 4.39 Å². The summed E-state index contributed by atoms with van der Waals surface area (Å²) in [6.45, 7) is 16.0. The second-order valence-corrected chi connectivity index (χ2v) is 10.9. The molecule has 0 aliphatic carbocycles. The predicted octanol–water partition coefficient (Wildman–Crippen LogP) is 7.10. The van der Waals surface area contributed by atoms with Crippen LogP contribution in [-0.2, 0) is 12.8 Å². The van der Waals surface area contributed by atoms with Gasteiger partial charge in [-0.25, -0.2) is 4.39 Å². The van der Waals surface area contributed by atoms with Crippen molar-refractivity contribution in [2.45, 2.75) is 66.3 Å². The van der Waals surface area contributed by atoms with Crippen LogP contribution >= 0.6 is 0 Å². The van der Waals surface area contributed by atoms with Crippen LogP contribution in [-0.4, -0.2) is 72.3 Å². The number of benzene rings is 2. The van der Waals surface area contributed by atoms with E-state index >= 15 is 0 Å². The van der Waals surface area contributed by atoms with Crippen molar-refractivity contribution in [2.75, 3.05) is 46.4 Å². The van der Waals surface area contributed by atoms with E-state index in [1.165, 1.54) is 28.1 Å². The summed E-state index contributed by atoms with van der Waals surface area (Å²) in [5.41, 5.74) is 5.30. The largest absolute Gasteiger partial charge is 0.493 e. The second kappa shape index (κ2) is 14.0. The monoisotopic (exact) mass is 550 g/mol. The maximum Gasteiger partial charge on any atom is 0.131 e. The normalized spacial score (nSPS) is 16.8. The number of aromatic amines is 2. The molecule has 218 valence electrons. The van der Waals surface area contributed by atoms with Gasteiger partial charge in [-0.15, -0.1) is 0 Å². The summed E-state index contributed by atoms with van der Waals surface area (Å²) in [7, 11) is 2.13. The molecule has 2 aliphatic rings. The number of nitrogens with one attached hydrogen (secondary N) is 2. The maximum absolute atomic E-state index is 13.9. The van der Waals surface area contributed by atoms with Gasteiger partial charge < -0.3 is 29.2 Å². The molecule has 0 radical (unpaired) electrons. The first-order chi connectivity index (χ1) is 19.4. The predicted molar refractivity (Wildman–Crippen MR) is 164 cm³/mol. The SMILES string of the molecule is CC.CC(C)N1CCCOc2cccc3[nH]cc(c23)CC1.Cc1c(F)cc2c3c(c[nH]c13)CCN(C)CCCO2. The molecular weight excluding hydrogens is 503 g/mol. The van der Waals surface area contributed by atoms with Crippen LogP contribution in [0.25, 0.3) is 21.8 Å². The zero-order valence-electron chi connectivity index (χ0n) is 25.2. The van der Waals surface area contributed by atoms with E-state index in [1.807, 2.05) is 20.0 Å². The highest BCUT2D eigenvalue weighted by Gasteiger charge is 2.18. The molecule has 6 rings (SSSR count). The topological polar surface area (TPSA) is 56.5 Å². The van der Waals surface area contributed by atoms with Crippen molar-refractivity contribution in [3.63, 3.8) is 0 Å². The summed E-state index contributed by atoms with van der Waals surface area (Å²) in [5, 5.41) is 2.32. The van der Waals surface area contributed by atoms with Crippen molar-refractivity contribution < 1.29 is 13.9 Å². The molecule has 0 fully saturated rings. The Hall–Kier alpha value is -3.03. The molecule has 4 aromatic rings. The third-order valence-electron chi connectivity index (χ3n) is 7.90. The summed E-state index contributed by atoms with van der Waals surface area (Å²) in [6.07, 6.45) is 8.22. The first-order valence-corrected chi connectivity index (χ1v) is 15.0. The van der Waals surface area contributed by atoms with E-state index in [1.54, 1.807) is 6.92 Å². The lowest BCUT2D eigenvalue weighted by atomic mass is 10.1. The first kappa shape index (κ1) is 29.9. The molecule has 0 saturated carbocycles. The van der Waals surface area contributed by atoms with Gasteiger partial charge in [-0.2, -0.15) is 0 Å². The van der Waals surface area contributed by atoms with Crippen LogP contribution in [0.15, 0.2) is 36.7 Å². The van der Waals surface area contributed by atoms with Crippen molar-refractivity contribution in [1.29, 1.82) is 0 Å². The van der Waals surface area contributed by atoms with Gasteiger partial charge in [-0.3, -0.25) is 0 Å². The molecule has 6 nitrogen and oxygen atoms in total. The molecule has 2 aromatic carbocycles. The minimum absolute atomic E-state index is 0.204. The molecule has 2 N–H and O–H groups in total. The zero-order valence-corrected chi connectivity index (χ0v) is 25.2. The van der Waals surface area contributed by atoms with Crippen LogP contribution in [0.4, 0.5) is 4.39 Å². The molecule has 0 saturated heterocycles. The Balaban J connectivity index is 0.000000174. The summed E-state index contributed by atoms with van der Waals surface area (Å²) < 4.78 is 25.7. The summed E-state index contributed by atoms with van der Waals surface area (Å²) in [4.78, 5) is 11.4. The number of nitrogens with zero attached hydrogens (tertiary/aromatic N) is 2. The van der Waals surface area contributed by atoms with E-state index < -0.39 is 0 Å². The minimum Gasteiger partial charge on any atom is -0.493 e. The third kappa shape index (κ3) is 6.81. The van der Waals surface area contributed by atoms with Gasteiger partial charge in [0.15, 0.2) is 0 Å². The van der Waals surface area contributed by atoms with E-state index in [-0.39, 0.29) is 5.82 Å². The fourth-order valence-electron chi connectivity index (χ4n) is 5.59. The van der Waals surface area contributed by atoms with Crippen molar-refractivity contribution in [3.05, 3.63) is 59.2 Å². The molecule has 4 heterocycles. The molecule has 0 bridgehead atoms. The van der Waals surface area contributed by atoms with Crippen LogP contribution in [0.2, 0.25) is 0 Å². The van der Waals surface area contributed by atoms with Gasteiger partial charge in [-0.1, -0.05) is 19.9 Å². The number of halogens is 1. The first-order valence-electron chi connectivity index (χ1n) is 15.0. The number of ether oxygens (including phenoxy) is 2. The van der Waals surface area contributed by atoms with Crippen LogP contribution in [0, 0.1) is 12.7 Å². The fourth-order valence-corrected chi connectivity index (χ4v) is 5.59. The van der Waals surface area contributed by atoms with E-state index in [4.69, 9.17) is 9.47 Å². The fraction of sp³-hybridized carbons (Fsp3) is 0.515. The van der Waals surface area contributed by atoms with E-state index in [0.717, 1.165) is 75.1 Å². The molecule has 7 heteroatoms. The molecule has 0 amide bonds. The average molecular weight is 551 g/mol. The zero-order chi connectivity index (χ0) is 28.6. The highest BCUT2D eigenvalue weighted by Crippen LogP contribution is 2.34. The molecule has 0 atom stereocenters. The summed E-state index contributed by atoms with van der Waals surface area (Å²) >= 11 is 0. The molecule has 0 unspecified atom stereocenters. The number of aromatic nitrogens is 2. The smallest absolute Gasteiger partial charge is 0.131 e. The summed E-state index contributed by atoms with van der Waals surface area (Å²) in [6, 6.07) is 8.40. The van der Waals surface area contributed by atoms with Crippen LogP contribution in [0.1, 0.15) is 57.2 Å². The lowest BCUT2D eigenvalue weighted by Crippen LogP contribution is -2.34. The second-order valence-electron chi connectivity index (χ2n) is 10.9. The van der Waals surface area contributed by atoms with Crippen molar-refractivity contribution >= 4 is 21.8 Å². The Labute approximate surface area is 238 Å². The Bertz CT molecular complexity index is 1380. The lowest BCUT2D eigenvalue weighted by Gasteiger charge is -2.27. The minimum atomic E-state index is -0.204. The van der Waals surface area contributed by atoms with Crippen LogP contribution in [0.3, 0.4) is 0 Å². The number of H-pyrrole nitrogens is 2. The van der Waals surface area contributed by atoms with Gasteiger partial charge in [0.2, 0.25) is 0 Å². The number of rotatable bonds is 1. The van der Waals surface area contributed by atoms with Crippen LogP contribution < -0.4 is 9.47 Å². The van der Waals surface area contributed by atoms with Gasteiger partial charge in [-0.05, 0) is 76.8 Å². The highest BCUT2D eigenvalue weighted by atomic mass is 19.1. The molecular formula is C33H47FN4O2. The maximum atomic E-state index is 13.9. The van der Waals surface area contributed by atoms with Crippen molar-refractivity contribution in [3.8, 4) is 11.5 Å². The van der Waals surface area contributed by atoms with Gasteiger partial charge in [0.1, 0.15) is 17.3 Å². The number of hydrogen-bond acceptors (Lipinski definition) is 4. The average Bonchev–Trinajstić information content (AvgIpc) is 3.58. The van der Waals surface area contributed by atoms with Crippen LogP contribution in [0.5, 0.6) is 11.5 Å². The van der Waals surface area contributed by atoms with Gasteiger partial charge >= 0.3 is 0 Å². The van der Waals surface area contributed by atoms with Gasteiger partial charge in [0.25, 0.3) is 0 Å². The van der Waals surface area contributed by atoms with E-state index in [0.29, 0.717) is 24.0 Å². The third-order valence-corrected chi connectivity index (χ3v) is 7.90. The van der Waals surface area contributed by atoms with Gasteiger partial charge in [0.05, 0.1) is 18.7 Å². The number of aryl methyl sites for hydroxylation is 1. The van der Waals surface area contributed by atoms with E-state index in [2.05, 4.69) is 65.1 Å². The molecule has 2 aliphatic heterocycles. The van der Waals surface area contributed by atoms with Crippen molar-refractivity contribution in [2.24, 2.45) is 0 Å². The Kier molecular flexibility index (Phi) is 10.5. The number of likely N-dealkylation sites (N-methyl/N-ethyl adjacent to an activating group) is 1. The summed E-state index contributed by atoms with van der Waals surface area (Å²) in [5.74, 6) is 1.51. The highest BCUT2D eigenvalue weighted by molar-refractivity contribution is 5.92. The Morgan fingerprint density at radius 1 is 0.850 bits per heavy atom. The molecule has 2 aromatic heterocycles. The molecule has 40 heavy (non-hydrogen) atoms. The number of hydrogen-bond donors (Lipinski definition) is 2. The molecule has 0 spiro atoms. The quantitative estimate of drug-likeness (QED) is 0.265. The Morgan fingerprint density at radius 3 is 2.30 bits per heavy atom. The van der Waals surface area contributed by atoms with Gasteiger partial charge in [0, 0.05) is 72.5 Å².